The predicted octanol–water partition coefficient (Wildman–Crippen LogP) is 1.09. The molecule has 0 radical (unpaired) electrons. The van der Waals surface area contributed by atoms with Crippen molar-refractivity contribution in [2.24, 2.45) is 0 Å². The van der Waals surface area contributed by atoms with Gasteiger partial charge in [0.15, 0.2) is 0 Å². The van der Waals surface area contributed by atoms with Gasteiger partial charge in [-0.2, -0.15) is 0 Å². The summed E-state index contributed by atoms with van der Waals surface area (Å²) in [5.41, 5.74) is 2.26. The van der Waals surface area contributed by atoms with Crippen molar-refractivity contribution < 1.29 is 9.59 Å². The topological polar surface area (TPSA) is 52.7 Å². The van der Waals surface area contributed by atoms with Crippen LogP contribution in [0.1, 0.15) is 22.3 Å². The van der Waals surface area contributed by atoms with E-state index in [0.717, 1.165) is 5.56 Å². The minimum atomic E-state index is -0.359. The van der Waals surface area contributed by atoms with Gasteiger partial charge >= 0.3 is 0 Å². The van der Waals surface area contributed by atoms with Gasteiger partial charge in [-0.05, 0) is 45.1 Å². The Kier molecular flexibility index (Phi) is 3.01. The van der Waals surface area contributed by atoms with Gasteiger partial charge in [0.1, 0.15) is 6.04 Å². The summed E-state index contributed by atoms with van der Waals surface area (Å²) < 4.78 is 0. The van der Waals surface area contributed by atoms with Crippen molar-refractivity contribution in [1.82, 2.24) is 9.80 Å². The number of anilines is 1. The van der Waals surface area contributed by atoms with Crippen molar-refractivity contribution in [3.05, 3.63) is 29.3 Å². The molecule has 0 saturated carbocycles. The Morgan fingerprint density at radius 3 is 2.75 bits per heavy atom. The van der Waals surface area contributed by atoms with E-state index >= 15 is 0 Å². The Morgan fingerprint density at radius 1 is 1.30 bits per heavy atom. The van der Waals surface area contributed by atoms with Crippen LogP contribution in [0.3, 0.4) is 0 Å². The predicted molar refractivity (Wildman–Crippen MR) is 76.7 cm³/mol. The minimum Gasteiger partial charge on any atom is -0.325 e. The molecule has 2 heterocycles. The number of carbonyl (C=O) groups is 2. The first-order valence-electron chi connectivity index (χ1n) is 6.86. The van der Waals surface area contributed by atoms with E-state index in [1.165, 1.54) is 0 Å². The Bertz CT molecular complexity index is 582. The first kappa shape index (κ1) is 13.1. The average Bonchev–Trinajstić information content (AvgIpc) is 2.80. The van der Waals surface area contributed by atoms with E-state index in [2.05, 4.69) is 10.2 Å². The lowest BCUT2D eigenvalue weighted by atomic mass is 10.1. The summed E-state index contributed by atoms with van der Waals surface area (Å²) in [7, 11) is 3.97. The lowest BCUT2D eigenvalue weighted by Gasteiger charge is -2.21. The molecule has 5 nitrogen and oxygen atoms in total. The van der Waals surface area contributed by atoms with Gasteiger partial charge in [-0.1, -0.05) is 6.07 Å². The van der Waals surface area contributed by atoms with Crippen LogP contribution in [0.25, 0.3) is 0 Å². The Labute approximate surface area is 118 Å². The van der Waals surface area contributed by atoms with Crippen LogP contribution in [0.2, 0.25) is 0 Å². The summed E-state index contributed by atoms with van der Waals surface area (Å²) in [5, 5.41) is 2.90. The van der Waals surface area contributed by atoms with Crippen LogP contribution in [0.4, 0.5) is 5.69 Å². The Morgan fingerprint density at radius 2 is 2.05 bits per heavy atom. The molecule has 2 aliphatic rings. The van der Waals surface area contributed by atoms with E-state index in [9.17, 15) is 9.59 Å². The second-order valence-corrected chi connectivity index (χ2v) is 5.86. The number of nitrogens with zero attached hydrogens (tertiary/aromatic N) is 2. The van der Waals surface area contributed by atoms with Crippen molar-refractivity contribution in [1.29, 1.82) is 0 Å². The molecule has 0 spiro atoms. The normalized spacial score (nSPS) is 25.3. The fraction of sp³-hybridized carbons (Fsp3) is 0.467. The Balaban J connectivity index is 2.00. The van der Waals surface area contributed by atoms with Gasteiger partial charge in [-0.15, -0.1) is 0 Å². The number of carbonyl (C=O) groups excluding carboxylic acids is 2. The van der Waals surface area contributed by atoms with Gasteiger partial charge in [0.25, 0.3) is 5.91 Å². The van der Waals surface area contributed by atoms with Gasteiger partial charge in [-0.3, -0.25) is 9.59 Å². The standard InChI is InChI=1S/C15H19N3O2/c1-9-4-5-11-12(6-9)16-14(19)13-7-10(17(2)3)8-18(13)15(11)20/h4-6,10,13H,7-8H2,1-3H3,(H,16,19)/t10-,13+/m1/s1. The fourth-order valence-electron chi connectivity index (χ4n) is 2.98. The maximum atomic E-state index is 12.7. The summed E-state index contributed by atoms with van der Waals surface area (Å²) in [4.78, 5) is 28.8. The zero-order valence-corrected chi connectivity index (χ0v) is 12.0. The van der Waals surface area contributed by atoms with Crippen LogP contribution in [-0.2, 0) is 4.79 Å². The molecule has 0 aromatic heterocycles. The van der Waals surface area contributed by atoms with Crippen LogP contribution in [0, 0.1) is 6.92 Å². The number of amides is 2. The molecule has 1 saturated heterocycles. The maximum absolute atomic E-state index is 12.7. The number of hydrogen-bond donors (Lipinski definition) is 1. The number of likely N-dealkylation sites (N-methyl/N-ethyl adjacent to an activating group) is 1. The molecule has 106 valence electrons. The molecule has 1 aromatic rings. The second-order valence-electron chi connectivity index (χ2n) is 5.86. The molecule has 5 heteroatoms. The smallest absolute Gasteiger partial charge is 0.256 e. The number of nitrogens with one attached hydrogen (secondary N) is 1. The van der Waals surface area contributed by atoms with Crippen LogP contribution >= 0.6 is 0 Å². The van der Waals surface area contributed by atoms with Gasteiger partial charge < -0.3 is 15.1 Å². The van der Waals surface area contributed by atoms with Crippen molar-refractivity contribution in [2.45, 2.75) is 25.4 Å². The number of rotatable bonds is 1. The van der Waals surface area contributed by atoms with Gasteiger partial charge in [-0.25, -0.2) is 0 Å². The molecular formula is C15H19N3O2. The first-order valence-corrected chi connectivity index (χ1v) is 6.86. The first-order chi connectivity index (χ1) is 9.47. The summed E-state index contributed by atoms with van der Waals surface area (Å²) in [6.07, 6.45) is 0.692. The summed E-state index contributed by atoms with van der Waals surface area (Å²) >= 11 is 0. The van der Waals surface area contributed by atoms with E-state index in [-0.39, 0.29) is 23.9 Å². The maximum Gasteiger partial charge on any atom is 0.256 e. The quantitative estimate of drug-likeness (QED) is 0.833. The molecule has 1 fully saturated rings. The lowest BCUT2D eigenvalue weighted by molar-refractivity contribution is -0.119. The molecule has 1 aromatic carbocycles. The lowest BCUT2D eigenvalue weighted by Crippen LogP contribution is -2.40. The third kappa shape index (κ3) is 1.98. The monoisotopic (exact) mass is 273 g/mol. The summed E-state index contributed by atoms with van der Waals surface area (Å²) in [5.74, 6) is -0.125. The second kappa shape index (κ2) is 4.59. The molecule has 2 atom stereocenters. The largest absolute Gasteiger partial charge is 0.325 e. The van der Waals surface area contributed by atoms with E-state index in [0.29, 0.717) is 24.2 Å². The average molecular weight is 273 g/mol. The van der Waals surface area contributed by atoms with Crippen molar-refractivity contribution >= 4 is 17.5 Å². The molecule has 0 bridgehead atoms. The van der Waals surface area contributed by atoms with Crippen LogP contribution in [0.15, 0.2) is 18.2 Å². The fourth-order valence-corrected chi connectivity index (χ4v) is 2.98. The van der Waals surface area contributed by atoms with E-state index in [1.807, 2.05) is 33.2 Å². The van der Waals surface area contributed by atoms with Gasteiger partial charge in [0, 0.05) is 12.6 Å². The highest BCUT2D eigenvalue weighted by atomic mass is 16.2. The molecule has 0 aliphatic carbocycles. The zero-order chi connectivity index (χ0) is 14.4. The number of aryl methyl sites for hydroxylation is 1. The van der Waals surface area contributed by atoms with Crippen molar-refractivity contribution in [3.8, 4) is 0 Å². The molecule has 3 rings (SSSR count). The highest BCUT2D eigenvalue weighted by molar-refractivity contribution is 6.10. The minimum absolute atomic E-state index is 0.0484. The molecule has 2 aliphatic heterocycles. The van der Waals surface area contributed by atoms with Crippen molar-refractivity contribution in [2.75, 3.05) is 26.0 Å². The van der Waals surface area contributed by atoms with E-state index < -0.39 is 0 Å². The Hall–Kier alpha value is -1.88. The molecule has 1 N–H and O–H groups in total. The van der Waals surface area contributed by atoms with Crippen LogP contribution < -0.4 is 5.32 Å². The zero-order valence-electron chi connectivity index (χ0n) is 12.0. The van der Waals surface area contributed by atoms with Gasteiger partial charge in [0.05, 0.1) is 11.3 Å². The molecule has 0 unspecified atom stereocenters. The molecule has 2 amide bonds. The van der Waals surface area contributed by atoms with Crippen molar-refractivity contribution in [3.63, 3.8) is 0 Å². The highest BCUT2D eigenvalue weighted by Gasteiger charge is 2.43. The summed E-state index contributed by atoms with van der Waals surface area (Å²) in [6, 6.07) is 5.45. The van der Waals surface area contributed by atoms with Gasteiger partial charge in [0.2, 0.25) is 5.91 Å². The third-order valence-corrected chi connectivity index (χ3v) is 4.24. The highest BCUT2D eigenvalue weighted by Crippen LogP contribution is 2.30. The third-order valence-electron chi connectivity index (χ3n) is 4.24. The van der Waals surface area contributed by atoms with Crippen LogP contribution in [0.5, 0.6) is 0 Å². The number of benzene rings is 1. The molecular weight excluding hydrogens is 254 g/mol. The number of fused-ring (bicyclic) bond motifs is 2. The SMILES string of the molecule is Cc1ccc2c(c1)NC(=O)[C@@H]1C[C@@H](N(C)C)CN1C2=O. The summed E-state index contributed by atoms with van der Waals surface area (Å²) in [6.45, 7) is 2.56. The van der Waals surface area contributed by atoms with E-state index in [4.69, 9.17) is 0 Å². The van der Waals surface area contributed by atoms with E-state index in [1.54, 1.807) is 11.0 Å². The molecule has 20 heavy (non-hydrogen) atoms. The van der Waals surface area contributed by atoms with Crippen LogP contribution in [-0.4, -0.2) is 54.3 Å². The number of hydrogen-bond acceptors (Lipinski definition) is 3.